The average Bonchev–Trinajstić information content (AvgIpc) is 1.69. The van der Waals surface area contributed by atoms with Crippen molar-refractivity contribution in [1.82, 2.24) is 0 Å². The Bertz CT molecular complexity index is 50.5. The van der Waals surface area contributed by atoms with Crippen molar-refractivity contribution in [3.05, 3.63) is 0 Å². The molecule has 2 atom stereocenters. The molecule has 0 aromatic heterocycles. The van der Waals surface area contributed by atoms with E-state index in [9.17, 15) is 0 Å². The van der Waals surface area contributed by atoms with Crippen LogP contribution in [-0.4, -0.2) is 19.3 Å². The van der Waals surface area contributed by atoms with Crippen LogP contribution in [0.5, 0.6) is 0 Å². The third-order valence-corrected chi connectivity index (χ3v) is 1.29. The van der Waals surface area contributed by atoms with Crippen LogP contribution in [0.4, 0.5) is 0 Å². The minimum atomic E-state index is 0.157. The van der Waals surface area contributed by atoms with Gasteiger partial charge in [0, 0.05) is 13.2 Å². The molecule has 0 radical (unpaired) electrons. The van der Waals surface area contributed by atoms with E-state index in [1.54, 1.807) is 7.11 Å². The zero-order valence-electron chi connectivity index (χ0n) is 5.85. The molecule has 0 spiro atoms. The van der Waals surface area contributed by atoms with Gasteiger partial charge < -0.3 is 10.5 Å². The Balaban J connectivity index is 3.35. The number of rotatable bonds is 3. The van der Waals surface area contributed by atoms with Gasteiger partial charge in [0.05, 0.1) is 6.10 Å². The third kappa shape index (κ3) is 2.28. The van der Waals surface area contributed by atoms with Gasteiger partial charge in [-0.25, -0.2) is 0 Å². The summed E-state index contributed by atoms with van der Waals surface area (Å²) in [5.74, 6) is 0. The molecule has 0 rings (SSSR count). The van der Waals surface area contributed by atoms with Crippen LogP contribution in [0, 0.1) is 0 Å². The highest BCUT2D eigenvalue weighted by Crippen LogP contribution is 1.98. The lowest BCUT2D eigenvalue weighted by atomic mass is 10.1. The van der Waals surface area contributed by atoms with E-state index in [-0.39, 0.29) is 12.1 Å². The van der Waals surface area contributed by atoms with Gasteiger partial charge >= 0.3 is 0 Å². The highest BCUT2D eigenvalue weighted by atomic mass is 16.5. The van der Waals surface area contributed by atoms with Gasteiger partial charge in [0.2, 0.25) is 0 Å². The molecular formula is C6H15NO. The molecule has 0 aliphatic rings. The minimum Gasteiger partial charge on any atom is -0.380 e. The van der Waals surface area contributed by atoms with Crippen molar-refractivity contribution in [3.8, 4) is 0 Å². The number of hydrogen-bond donors (Lipinski definition) is 1. The number of methoxy groups -OCH3 is 1. The van der Waals surface area contributed by atoms with E-state index < -0.39 is 0 Å². The molecule has 0 amide bonds. The molecule has 0 aliphatic carbocycles. The van der Waals surface area contributed by atoms with Crippen molar-refractivity contribution < 1.29 is 4.74 Å². The molecule has 0 saturated heterocycles. The maximum atomic E-state index is 5.53. The fourth-order valence-corrected chi connectivity index (χ4v) is 0.753. The van der Waals surface area contributed by atoms with Crippen LogP contribution < -0.4 is 5.73 Å². The lowest BCUT2D eigenvalue weighted by Crippen LogP contribution is -2.32. The Labute approximate surface area is 51.0 Å². The van der Waals surface area contributed by atoms with Gasteiger partial charge in [0.25, 0.3) is 0 Å². The second kappa shape index (κ2) is 3.87. The summed E-state index contributed by atoms with van der Waals surface area (Å²) >= 11 is 0. The molecule has 50 valence electrons. The van der Waals surface area contributed by atoms with Crippen LogP contribution in [0.25, 0.3) is 0 Å². The van der Waals surface area contributed by atoms with Crippen molar-refractivity contribution in [2.45, 2.75) is 32.4 Å². The predicted molar refractivity (Wildman–Crippen MR) is 34.7 cm³/mol. The molecule has 2 N–H and O–H groups in total. The van der Waals surface area contributed by atoms with Crippen LogP contribution in [-0.2, 0) is 4.74 Å². The molecule has 0 aliphatic heterocycles. The lowest BCUT2D eigenvalue weighted by molar-refractivity contribution is 0.0822. The quantitative estimate of drug-likeness (QED) is 0.592. The Morgan fingerprint density at radius 2 is 2.12 bits per heavy atom. The first-order valence-electron chi connectivity index (χ1n) is 3.00. The second-order valence-electron chi connectivity index (χ2n) is 2.04. The van der Waals surface area contributed by atoms with E-state index in [0.717, 1.165) is 6.42 Å². The van der Waals surface area contributed by atoms with E-state index in [1.807, 2.05) is 6.92 Å². The van der Waals surface area contributed by atoms with E-state index in [1.165, 1.54) is 0 Å². The summed E-state index contributed by atoms with van der Waals surface area (Å²) in [7, 11) is 1.69. The predicted octanol–water partition coefficient (Wildman–Crippen LogP) is 0.759. The first kappa shape index (κ1) is 7.92. The molecule has 1 unspecified atom stereocenters. The normalized spacial score (nSPS) is 18.0. The first-order chi connectivity index (χ1) is 3.72. The van der Waals surface area contributed by atoms with Gasteiger partial charge in [-0.3, -0.25) is 0 Å². The van der Waals surface area contributed by atoms with Gasteiger partial charge in [-0.1, -0.05) is 6.92 Å². The summed E-state index contributed by atoms with van der Waals surface area (Å²) in [5.41, 5.74) is 5.53. The average molecular weight is 117 g/mol. The standard InChI is InChI=1S/C6H15NO/c1-4-6(8-3)5(2)7/h5-6H,4,7H2,1-3H3/t5-,6?/m1/s1. The van der Waals surface area contributed by atoms with Crippen molar-refractivity contribution in [2.75, 3.05) is 7.11 Å². The molecule has 0 fully saturated rings. The molecule has 8 heavy (non-hydrogen) atoms. The summed E-state index contributed by atoms with van der Waals surface area (Å²) in [6.07, 6.45) is 1.23. The summed E-state index contributed by atoms with van der Waals surface area (Å²) in [6.45, 7) is 4.02. The highest BCUT2D eigenvalue weighted by Gasteiger charge is 2.07. The molecular weight excluding hydrogens is 102 g/mol. The fraction of sp³-hybridized carbons (Fsp3) is 1.00. The largest absolute Gasteiger partial charge is 0.380 e. The Kier molecular flexibility index (Phi) is 3.83. The first-order valence-corrected chi connectivity index (χ1v) is 3.00. The van der Waals surface area contributed by atoms with Crippen molar-refractivity contribution >= 4 is 0 Å². The van der Waals surface area contributed by atoms with Gasteiger partial charge in [-0.05, 0) is 13.3 Å². The zero-order chi connectivity index (χ0) is 6.57. The number of nitrogens with two attached hydrogens (primary N) is 1. The molecule has 0 aromatic rings. The third-order valence-electron chi connectivity index (χ3n) is 1.29. The van der Waals surface area contributed by atoms with E-state index >= 15 is 0 Å². The van der Waals surface area contributed by atoms with Crippen LogP contribution >= 0.6 is 0 Å². The smallest absolute Gasteiger partial charge is 0.0716 e. The van der Waals surface area contributed by atoms with Crippen molar-refractivity contribution in [2.24, 2.45) is 5.73 Å². The second-order valence-corrected chi connectivity index (χ2v) is 2.04. The van der Waals surface area contributed by atoms with Crippen LogP contribution in [0.2, 0.25) is 0 Å². The minimum absolute atomic E-state index is 0.157. The van der Waals surface area contributed by atoms with Gasteiger partial charge in [0.1, 0.15) is 0 Å². The SMILES string of the molecule is CCC(OC)[C@@H](C)N. The Morgan fingerprint density at radius 1 is 1.62 bits per heavy atom. The molecule has 2 nitrogen and oxygen atoms in total. The lowest BCUT2D eigenvalue weighted by Gasteiger charge is -2.15. The summed E-state index contributed by atoms with van der Waals surface area (Å²) in [4.78, 5) is 0. The summed E-state index contributed by atoms with van der Waals surface area (Å²) < 4.78 is 5.04. The van der Waals surface area contributed by atoms with Crippen LogP contribution in [0.1, 0.15) is 20.3 Å². The van der Waals surface area contributed by atoms with Gasteiger partial charge in [-0.2, -0.15) is 0 Å². The van der Waals surface area contributed by atoms with Crippen molar-refractivity contribution in [1.29, 1.82) is 0 Å². The molecule has 0 aromatic carbocycles. The van der Waals surface area contributed by atoms with Gasteiger partial charge in [0.15, 0.2) is 0 Å². The summed E-state index contributed by atoms with van der Waals surface area (Å²) in [5, 5.41) is 0. The summed E-state index contributed by atoms with van der Waals surface area (Å²) in [6, 6.07) is 0.157. The maximum Gasteiger partial charge on any atom is 0.0716 e. The highest BCUT2D eigenvalue weighted by molar-refractivity contribution is 4.64. The van der Waals surface area contributed by atoms with E-state index in [0.29, 0.717) is 0 Å². The Morgan fingerprint density at radius 3 is 2.12 bits per heavy atom. The molecule has 0 heterocycles. The molecule has 0 bridgehead atoms. The van der Waals surface area contributed by atoms with E-state index in [2.05, 4.69) is 6.92 Å². The van der Waals surface area contributed by atoms with Crippen LogP contribution in [0.3, 0.4) is 0 Å². The zero-order valence-corrected chi connectivity index (χ0v) is 5.85. The maximum absolute atomic E-state index is 5.53. The van der Waals surface area contributed by atoms with E-state index in [4.69, 9.17) is 10.5 Å². The number of hydrogen-bond acceptors (Lipinski definition) is 2. The molecule has 0 saturated carbocycles. The fourth-order valence-electron chi connectivity index (χ4n) is 0.753. The Hall–Kier alpha value is -0.0800. The monoisotopic (exact) mass is 117 g/mol. The topological polar surface area (TPSA) is 35.2 Å². The molecule has 2 heteroatoms. The van der Waals surface area contributed by atoms with Crippen LogP contribution in [0.15, 0.2) is 0 Å². The van der Waals surface area contributed by atoms with Crippen molar-refractivity contribution in [3.63, 3.8) is 0 Å². The number of ether oxygens (including phenoxy) is 1. The van der Waals surface area contributed by atoms with Gasteiger partial charge in [-0.15, -0.1) is 0 Å².